The van der Waals surface area contributed by atoms with Crippen molar-refractivity contribution in [2.45, 2.75) is 0 Å². The van der Waals surface area contributed by atoms with E-state index >= 15 is 0 Å². The maximum atomic E-state index is 8.39. The molecule has 0 aliphatic rings. The minimum atomic E-state index is 0. The molecule has 9 heavy (non-hydrogen) atoms. The van der Waals surface area contributed by atoms with Crippen LogP contribution in [0.1, 0.15) is 0 Å². The summed E-state index contributed by atoms with van der Waals surface area (Å²) in [7, 11) is 6.16. The van der Waals surface area contributed by atoms with Crippen LogP contribution in [0.25, 0.3) is 0 Å². The van der Waals surface area contributed by atoms with Gasteiger partial charge in [-0.25, -0.2) is 0 Å². The Bertz CT molecular complexity index is 51.4. The highest BCUT2D eigenvalue weighted by Crippen LogP contribution is 1.84. The summed E-state index contributed by atoms with van der Waals surface area (Å²) >= 11 is 0. The van der Waals surface area contributed by atoms with Gasteiger partial charge in [0, 0.05) is 0 Å². The molecule has 0 atom stereocenters. The van der Waals surface area contributed by atoms with Crippen molar-refractivity contribution in [2.75, 3.05) is 34.3 Å². The van der Waals surface area contributed by atoms with Crippen LogP contribution in [0.3, 0.4) is 0 Å². The molecule has 0 aromatic rings. The fraction of sp³-hybridized carbons (Fsp3) is 1.00. The second kappa shape index (κ2) is 5.97. The van der Waals surface area contributed by atoms with Gasteiger partial charge in [0.05, 0.1) is 27.7 Å². The van der Waals surface area contributed by atoms with Gasteiger partial charge in [0.2, 0.25) is 0 Å². The van der Waals surface area contributed by atoms with Gasteiger partial charge in [0.25, 0.3) is 0 Å². The van der Waals surface area contributed by atoms with E-state index in [0.717, 1.165) is 11.0 Å². The average molecular weight is 139 g/mol. The minimum absolute atomic E-state index is 0. The van der Waals surface area contributed by atoms with E-state index in [-0.39, 0.29) is 18.2 Å². The lowest BCUT2D eigenvalue weighted by Gasteiger charge is -2.21. The molecule has 0 spiro atoms. The maximum Gasteiger partial charge on any atom is 0.101 e. The first kappa shape index (κ1) is 15.9. The zero-order valence-electron chi connectivity index (χ0n) is 6.52. The Morgan fingerprint density at radius 1 is 1.22 bits per heavy atom. The molecule has 0 aliphatic heterocycles. The fourth-order valence-electron chi connectivity index (χ4n) is 0.300. The number of rotatable bonds is 2. The standard InChI is InChI=1S/C5H14NO.H3N.H2O/c1-6(2,3)4-5-7;;/h7H,4-5H2,1-3H3;1H3;1H2/q+1;;. The molecule has 4 heteroatoms. The van der Waals surface area contributed by atoms with Crippen LogP contribution in [0, 0.1) is 0 Å². The van der Waals surface area contributed by atoms with Gasteiger partial charge in [0.15, 0.2) is 0 Å². The zero-order valence-corrected chi connectivity index (χ0v) is 6.52. The van der Waals surface area contributed by atoms with E-state index in [9.17, 15) is 0 Å². The summed E-state index contributed by atoms with van der Waals surface area (Å²) in [5.41, 5.74) is 0. The third kappa shape index (κ3) is 18.1. The Morgan fingerprint density at radius 2 is 1.56 bits per heavy atom. The lowest BCUT2D eigenvalue weighted by molar-refractivity contribution is -0.870. The molecule has 0 aromatic carbocycles. The van der Waals surface area contributed by atoms with E-state index in [0.29, 0.717) is 0 Å². The molecule has 0 saturated heterocycles. The van der Waals surface area contributed by atoms with Gasteiger partial charge in [-0.3, -0.25) is 0 Å². The highest BCUT2D eigenvalue weighted by Gasteiger charge is 2.02. The van der Waals surface area contributed by atoms with Crippen molar-refractivity contribution in [3.8, 4) is 0 Å². The van der Waals surface area contributed by atoms with Crippen LogP contribution in [0.5, 0.6) is 0 Å². The van der Waals surface area contributed by atoms with Crippen LogP contribution in [-0.2, 0) is 0 Å². The Hall–Kier alpha value is -0.160. The second-order valence-corrected chi connectivity index (χ2v) is 2.74. The predicted octanol–water partition coefficient (Wildman–Crippen LogP) is -0.978. The van der Waals surface area contributed by atoms with E-state index in [2.05, 4.69) is 21.1 Å². The second-order valence-electron chi connectivity index (χ2n) is 2.74. The minimum Gasteiger partial charge on any atom is -0.412 e. The largest absolute Gasteiger partial charge is 0.412 e. The lowest BCUT2D eigenvalue weighted by Crippen LogP contribution is -2.36. The number of aliphatic hydroxyl groups is 1. The smallest absolute Gasteiger partial charge is 0.101 e. The highest BCUT2D eigenvalue weighted by molar-refractivity contribution is 4.19. The Labute approximate surface area is 56.6 Å². The SMILES string of the molecule is C[N+](C)(C)CCO.N.O. The summed E-state index contributed by atoms with van der Waals surface area (Å²) in [6.07, 6.45) is 0. The number of nitrogens with zero attached hydrogens (tertiary/aromatic N) is 1. The van der Waals surface area contributed by atoms with E-state index in [1.165, 1.54) is 0 Å². The van der Waals surface area contributed by atoms with Crippen LogP contribution in [0.2, 0.25) is 0 Å². The number of hydrogen-bond acceptors (Lipinski definition) is 2. The number of aliphatic hydroxyl groups excluding tert-OH is 1. The first-order chi connectivity index (χ1) is 3.06. The monoisotopic (exact) mass is 139 g/mol. The molecule has 0 amide bonds. The van der Waals surface area contributed by atoms with Crippen molar-refractivity contribution in [1.82, 2.24) is 6.15 Å². The van der Waals surface area contributed by atoms with Crippen molar-refractivity contribution in [3.63, 3.8) is 0 Å². The molecular formula is C5H19N2O2+. The van der Waals surface area contributed by atoms with E-state index in [1.807, 2.05) is 0 Å². The quantitative estimate of drug-likeness (QED) is 0.482. The number of quaternary nitrogens is 1. The molecule has 0 rings (SSSR count). The normalized spacial score (nSPS) is 9.33. The van der Waals surface area contributed by atoms with Crippen molar-refractivity contribution in [3.05, 3.63) is 0 Å². The third-order valence-electron chi connectivity index (χ3n) is 0.771. The van der Waals surface area contributed by atoms with Gasteiger partial charge in [-0.2, -0.15) is 0 Å². The van der Waals surface area contributed by atoms with E-state index in [4.69, 9.17) is 5.11 Å². The predicted molar refractivity (Wildman–Crippen MR) is 38.6 cm³/mol. The summed E-state index contributed by atoms with van der Waals surface area (Å²) in [6, 6.07) is 0. The maximum absolute atomic E-state index is 8.39. The van der Waals surface area contributed by atoms with Crippen LogP contribution < -0.4 is 6.15 Å². The third-order valence-corrected chi connectivity index (χ3v) is 0.771. The van der Waals surface area contributed by atoms with Crippen LogP contribution in [-0.4, -0.2) is 49.4 Å². The highest BCUT2D eigenvalue weighted by atomic mass is 16.3. The van der Waals surface area contributed by atoms with E-state index in [1.54, 1.807) is 0 Å². The molecule has 0 heterocycles. The molecule has 4 nitrogen and oxygen atoms in total. The number of hydrogen-bond donors (Lipinski definition) is 2. The molecular weight excluding hydrogens is 120 g/mol. The molecule has 0 saturated carbocycles. The molecule has 0 aromatic heterocycles. The lowest BCUT2D eigenvalue weighted by atomic mass is 10.5. The van der Waals surface area contributed by atoms with Crippen molar-refractivity contribution in [2.24, 2.45) is 0 Å². The van der Waals surface area contributed by atoms with Gasteiger partial charge in [-0.15, -0.1) is 0 Å². The van der Waals surface area contributed by atoms with Crippen molar-refractivity contribution >= 4 is 0 Å². The van der Waals surface area contributed by atoms with Gasteiger partial charge < -0.3 is 21.2 Å². The Morgan fingerprint density at radius 3 is 1.56 bits per heavy atom. The van der Waals surface area contributed by atoms with Crippen LogP contribution in [0.4, 0.5) is 0 Å². The van der Waals surface area contributed by atoms with Gasteiger partial charge in [-0.05, 0) is 0 Å². The molecule has 60 valence electrons. The topological polar surface area (TPSA) is 86.7 Å². The van der Waals surface area contributed by atoms with Crippen molar-refractivity contribution in [1.29, 1.82) is 0 Å². The summed E-state index contributed by atoms with van der Waals surface area (Å²) in [5.74, 6) is 0. The first-order valence-electron chi connectivity index (χ1n) is 2.47. The Kier molecular flexibility index (Phi) is 10.6. The van der Waals surface area contributed by atoms with Gasteiger partial charge in [0.1, 0.15) is 6.54 Å². The van der Waals surface area contributed by atoms with E-state index < -0.39 is 0 Å². The first-order valence-corrected chi connectivity index (χ1v) is 2.47. The molecule has 0 unspecified atom stereocenters. The molecule has 6 N–H and O–H groups in total. The Balaban J connectivity index is -0.000000180. The average Bonchev–Trinajstić information content (AvgIpc) is 1.30. The summed E-state index contributed by atoms with van der Waals surface area (Å²) < 4.78 is 0.844. The summed E-state index contributed by atoms with van der Waals surface area (Å²) in [6.45, 7) is 1.11. The molecule has 0 radical (unpaired) electrons. The molecule has 0 fully saturated rings. The summed E-state index contributed by atoms with van der Waals surface area (Å²) in [4.78, 5) is 0. The number of likely N-dealkylation sites (N-methyl/N-ethyl adjacent to an activating group) is 1. The molecule has 0 aliphatic carbocycles. The van der Waals surface area contributed by atoms with Crippen molar-refractivity contribution < 1.29 is 15.1 Å². The van der Waals surface area contributed by atoms with Crippen LogP contribution >= 0.6 is 0 Å². The van der Waals surface area contributed by atoms with Gasteiger partial charge >= 0.3 is 0 Å². The zero-order chi connectivity index (χ0) is 5.91. The van der Waals surface area contributed by atoms with Crippen LogP contribution in [0.15, 0.2) is 0 Å². The summed E-state index contributed by atoms with van der Waals surface area (Å²) in [5, 5.41) is 8.39. The fourth-order valence-corrected chi connectivity index (χ4v) is 0.300. The van der Waals surface area contributed by atoms with Gasteiger partial charge in [-0.1, -0.05) is 0 Å². The molecule has 0 bridgehead atoms.